The first-order chi connectivity index (χ1) is 23.3. The minimum atomic E-state index is -1.99. The molecular weight excluding hydrogens is 643 g/mol. The smallest absolute Gasteiger partial charge is 0.355 e. The number of aromatic nitrogens is 4. The molecule has 0 saturated carbocycles. The van der Waals surface area contributed by atoms with Crippen molar-refractivity contribution in [3.8, 4) is 11.4 Å². The molecule has 3 N–H and O–H groups in total. The number of rotatable bonds is 9. The number of fused-ring (bicyclic) bond motifs is 5. The Labute approximate surface area is 276 Å². The minimum Gasteiger partial charge on any atom is -0.457 e. The highest BCUT2D eigenvalue weighted by molar-refractivity contribution is 5.92. The number of amides is 2. The van der Waals surface area contributed by atoms with E-state index in [4.69, 9.17) is 14.5 Å². The largest absolute Gasteiger partial charge is 0.457 e. The zero-order chi connectivity index (χ0) is 35.2. The molecule has 0 fully saturated rings. The van der Waals surface area contributed by atoms with E-state index in [1.807, 2.05) is 30.3 Å². The monoisotopic (exact) mass is 674 g/mol. The van der Waals surface area contributed by atoms with Crippen LogP contribution in [0.5, 0.6) is 0 Å². The van der Waals surface area contributed by atoms with E-state index < -0.39 is 77.0 Å². The van der Waals surface area contributed by atoms with Crippen molar-refractivity contribution in [3.63, 3.8) is 0 Å². The van der Waals surface area contributed by atoms with Gasteiger partial charge in [-0.25, -0.2) is 14.6 Å². The van der Waals surface area contributed by atoms with Gasteiger partial charge in [-0.05, 0) is 30.5 Å². The second-order valence-corrected chi connectivity index (χ2v) is 12.1. The highest BCUT2D eigenvalue weighted by Crippen LogP contribution is 2.40. The molecule has 2 amide bonds. The molecule has 4 aromatic rings. The number of hydrogen-bond acceptors (Lipinski definition) is 10. The Morgan fingerprint density at radius 2 is 1.90 bits per heavy atom. The van der Waals surface area contributed by atoms with E-state index in [0.717, 1.165) is 16.5 Å². The molecule has 49 heavy (non-hydrogen) atoms. The van der Waals surface area contributed by atoms with Crippen LogP contribution in [-0.4, -0.2) is 55.4 Å². The van der Waals surface area contributed by atoms with Gasteiger partial charge in [-0.2, -0.15) is 4.39 Å². The Balaban J connectivity index is 1.20. The zero-order valence-corrected chi connectivity index (χ0v) is 26.6. The Morgan fingerprint density at radius 3 is 2.63 bits per heavy atom. The summed E-state index contributed by atoms with van der Waals surface area (Å²) in [6.07, 6.45) is 0.480. The lowest BCUT2D eigenvalue weighted by Gasteiger charge is -2.35. The molecule has 254 valence electrons. The molecule has 6 rings (SSSR count). The molecular formula is C33H31FN6O9. The van der Waals surface area contributed by atoms with Crippen LogP contribution in [0.4, 0.5) is 4.39 Å². The Morgan fingerprint density at radius 1 is 1.14 bits per heavy atom. The van der Waals surface area contributed by atoms with E-state index >= 15 is 0 Å². The first-order valence-electron chi connectivity index (χ1n) is 15.4. The predicted octanol–water partition coefficient (Wildman–Crippen LogP) is 0.577. The van der Waals surface area contributed by atoms with Crippen molar-refractivity contribution in [2.75, 3.05) is 6.54 Å². The number of cyclic esters (lactones) is 1. The topological polar surface area (TPSA) is 201 Å². The second kappa shape index (κ2) is 12.6. The lowest BCUT2D eigenvalue weighted by molar-refractivity contribution is -0.189. The maximum atomic E-state index is 13.7. The summed E-state index contributed by atoms with van der Waals surface area (Å²) in [5.74, 6) is -5.31. The first kappa shape index (κ1) is 33.0. The summed E-state index contributed by atoms with van der Waals surface area (Å²) < 4.78 is 26.9. The van der Waals surface area contributed by atoms with Crippen molar-refractivity contribution in [2.45, 2.75) is 58.5 Å². The summed E-state index contributed by atoms with van der Waals surface area (Å²) in [6, 6.07) is 9.90. The van der Waals surface area contributed by atoms with Gasteiger partial charge in [0.1, 0.15) is 25.7 Å². The fourth-order valence-corrected chi connectivity index (χ4v) is 6.09. The maximum Gasteiger partial charge on any atom is 0.355 e. The summed E-state index contributed by atoms with van der Waals surface area (Å²) >= 11 is 0. The Hall–Kier alpha value is -5.93. The lowest BCUT2D eigenvalue weighted by Crippen LogP contribution is -2.53. The SMILES string of the molecule is CC[C@@]1(OC(=O)CNC(=O)[C@@H](NC(=O)Cn2cc(F)c(=O)[nH]c2=O)C(C)C)C(=O)OCc2c1cc1n(c2=O)Cc2cc3ccccc3nc2-1. The molecule has 15 nitrogen and oxygen atoms in total. The van der Waals surface area contributed by atoms with Gasteiger partial charge in [0.2, 0.25) is 23.2 Å². The van der Waals surface area contributed by atoms with Crippen LogP contribution in [0.1, 0.15) is 43.9 Å². The van der Waals surface area contributed by atoms with Crippen LogP contribution in [0.3, 0.4) is 0 Å². The number of nitrogens with zero attached hydrogens (tertiary/aromatic N) is 3. The average Bonchev–Trinajstić information content (AvgIpc) is 3.42. The molecule has 2 atom stereocenters. The van der Waals surface area contributed by atoms with Gasteiger partial charge in [-0.15, -0.1) is 0 Å². The summed E-state index contributed by atoms with van der Waals surface area (Å²) in [7, 11) is 0. The molecule has 5 heterocycles. The summed E-state index contributed by atoms with van der Waals surface area (Å²) in [4.78, 5) is 95.7. The lowest BCUT2D eigenvalue weighted by atomic mass is 9.85. The molecule has 0 aliphatic carbocycles. The number of esters is 2. The molecule has 16 heteroatoms. The van der Waals surface area contributed by atoms with Gasteiger partial charge < -0.3 is 24.7 Å². The molecule has 2 aliphatic heterocycles. The van der Waals surface area contributed by atoms with Crippen molar-refractivity contribution in [1.29, 1.82) is 0 Å². The van der Waals surface area contributed by atoms with Crippen LogP contribution in [0.25, 0.3) is 22.3 Å². The number of ether oxygens (including phenoxy) is 2. The predicted molar refractivity (Wildman–Crippen MR) is 169 cm³/mol. The third-order valence-electron chi connectivity index (χ3n) is 8.63. The molecule has 2 aliphatic rings. The van der Waals surface area contributed by atoms with Crippen LogP contribution in [0, 0.1) is 11.7 Å². The van der Waals surface area contributed by atoms with Gasteiger partial charge in [0.15, 0.2) is 0 Å². The number of hydrogen-bond donors (Lipinski definition) is 3. The molecule has 3 aromatic heterocycles. The fraction of sp³-hybridized carbons (Fsp3) is 0.333. The number of nitrogens with one attached hydrogen (secondary N) is 3. The summed E-state index contributed by atoms with van der Waals surface area (Å²) in [5, 5.41) is 5.71. The van der Waals surface area contributed by atoms with Crippen molar-refractivity contribution in [3.05, 3.63) is 96.3 Å². The Bertz CT molecular complexity index is 2240. The highest BCUT2D eigenvalue weighted by Gasteiger charge is 2.50. The number of para-hydroxylation sites is 1. The van der Waals surface area contributed by atoms with Gasteiger partial charge in [-0.3, -0.25) is 33.5 Å². The minimum absolute atomic E-state index is 0.0885. The van der Waals surface area contributed by atoms with Crippen LogP contribution in [0.15, 0.2) is 57.0 Å². The summed E-state index contributed by atoms with van der Waals surface area (Å²) in [6.45, 7) is 3.35. The summed E-state index contributed by atoms with van der Waals surface area (Å²) in [5.41, 5.74) is -1.77. The molecule has 1 aromatic carbocycles. The molecule has 0 unspecified atom stereocenters. The third kappa shape index (κ3) is 5.89. The van der Waals surface area contributed by atoms with Gasteiger partial charge >= 0.3 is 17.6 Å². The van der Waals surface area contributed by atoms with E-state index in [9.17, 15) is 38.0 Å². The van der Waals surface area contributed by atoms with Crippen molar-refractivity contribution in [2.24, 2.45) is 5.92 Å². The number of carbonyl (C=O) groups excluding carboxylic acids is 4. The molecule has 0 bridgehead atoms. The number of benzene rings is 1. The van der Waals surface area contributed by atoms with Crippen LogP contribution < -0.4 is 27.4 Å². The number of halogens is 1. The van der Waals surface area contributed by atoms with E-state index in [-0.39, 0.29) is 30.7 Å². The fourth-order valence-electron chi connectivity index (χ4n) is 6.09. The molecule has 0 spiro atoms. The number of aromatic amines is 1. The van der Waals surface area contributed by atoms with E-state index in [1.165, 1.54) is 0 Å². The van der Waals surface area contributed by atoms with Crippen molar-refractivity contribution < 1.29 is 33.0 Å². The molecule has 0 saturated heterocycles. The number of carbonyl (C=O) groups is 4. The molecule has 0 radical (unpaired) electrons. The van der Waals surface area contributed by atoms with Gasteiger partial charge in [-0.1, -0.05) is 39.0 Å². The number of pyridine rings is 2. The van der Waals surface area contributed by atoms with Crippen LogP contribution >= 0.6 is 0 Å². The second-order valence-electron chi connectivity index (χ2n) is 12.1. The van der Waals surface area contributed by atoms with Crippen molar-refractivity contribution in [1.82, 2.24) is 29.7 Å². The first-order valence-corrected chi connectivity index (χ1v) is 15.4. The van der Waals surface area contributed by atoms with E-state index in [0.29, 0.717) is 22.2 Å². The quantitative estimate of drug-likeness (QED) is 0.186. The maximum absolute atomic E-state index is 13.7. The van der Waals surface area contributed by atoms with Crippen LogP contribution in [0.2, 0.25) is 0 Å². The standard InChI is InChI=1S/C33H31FN6O9/c1-4-33(49-25(42)11-35-29(44)26(16(2)3)37-24(41)14-39-13-21(34)28(43)38-32(39)47)20-10-23-27-18(9-17-7-5-6-8-22(17)36-27)12-40(23)30(45)19(20)15-48-31(33)46/h5-10,13,16,26H,4,11-12,14-15H2,1-3H3,(H,35,44)(H,37,41)(H,38,43,47)/t26-,33-/m0/s1. The zero-order valence-electron chi connectivity index (χ0n) is 26.6. The van der Waals surface area contributed by atoms with Crippen molar-refractivity contribution >= 4 is 34.7 Å². The highest BCUT2D eigenvalue weighted by atomic mass is 19.1. The third-order valence-corrected chi connectivity index (χ3v) is 8.63. The van der Waals surface area contributed by atoms with Gasteiger partial charge in [0.25, 0.3) is 11.1 Å². The average molecular weight is 675 g/mol. The number of H-pyrrole nitrogens is 1. The van der Waals surface area contributed by atoms with Gasteiger partial charge in [0, 0.05) is 16.5 Å². The van der Waals surface area contributed by atoms with Gasteiger partial charge in [0.05, 0.1) is 35.2 Å². The van der Waals surface area contributed by atoms with E-state index in [1.54, 1.807) is 36.4 Å². The van der Waals surface area contributed by atoms with E-state index in [2.05, 4.69) is 10.6 Å². The van der Waals surface area contributed by atoms with Crippen LogP contribution in [-0.2, 0) is 53.9 Å². The Kier molecular flexibility index (Phi) is 8.48. The normalized spacial score (nSPS) is 16.7.